The molecule has 2 aromatic rings. The molecule has 1 amide bonds. The predicted octanol–water partition coefficient (Wildman–Crippen LogP) is 2.37. The van der Waals surface area contributed by atoms with E-state index < -0.39 is 5.82 Å². The number of anilines is 2. The number of nitrogens with zero attached hydrogens (tertiary/aromatic N) is 1. The van der Waals surface area contributed by atoms with Gasteiger partial charge in [0.1, 0.15) is 0 Å². The maximum atomic E-state index is 13.3. The van der Waals surface area contributed by atoms with Crippen LogP contribution in [0.2, 0.25) is 0 Å². The van der Waals surface area contributed by atoms with E-state index >= 15 is 0 Å². The highest BCUT2D eigenvalue weighted by atomic mass is 19.1. The highest BCUT2D eigenvalue weighted by Gasteiger charge is 2.06. The number of halogens is 1. The Bertz CT molecular complexity index is 586. The molecule has 0 saturated carbocycles. The molecule has 0 spiro atoms. The SMILES string of the molecule is Nc1cccc(CCC(=O)Nc2ccncc2F)c1. The standard InChI is InChI=1S/C14H14FN3O/c15-12-9-17-7-6-13(12)18-14(19)5-4-10-2-1-3-11(16)8-10/h1-3,6-9H,4-5,16H2,(H,17,18,19). The molecule has 1 heterocycles. The van der Waals surface area contributed by atoms with Crippen LogP contribution < -0.4 is 11.1 Å². The van der Waals surface area contributed by atoms with Crippen molar-refractivity contribution in [1.29, 1.82) is 0 Å². The molecule has 0 aliphatic carbocycles. The zero-order chi connectivity index (χ0) is 13.7. The van der Waals surface area contributed by atoms with Crippen molar-refractivity contribution >= 4 is 17.3 Å². The van der Waals surface area contributed by atoms with Gasteiger partial charge in [0.2, 0.25) is 5.91 Å². The van der Waals surface area contributed by atoms with Crippen molar-refractivity contribution in [2.75, 3.05) is 11.1 Å². The molecule has 0 atom stereocenters. The molecule has 1 aromatic carbocycles. The number of benzene rings is 1. The molecule has 19 heavy (non-hydrogen) atoms. The summed E-state index contributed by atoms with van der Waals surface area (Å²) in [6.07, 6.45) is 3.32. The van der Waals surface area contributed by atoms with Crippen LogP contribution >= 0.6 is 0 Å². The summed E-state index contributed by atoms with van der Waals surface area (Å²) >= 11 is 0. The van der Waals surface area contributed by atoms with Crippen molar-refractivity contribution in [3.05, 3.63) is 54.1 Å². The number of rotatable bonds is 4. The average Bonchev–Trinajstić information content (AvgIpc) is 2.39. The van der Waals surface area contributed by atoms with Crippen molar-refractivity contribution in [3.8, 4) is 0 Å². The third kappa shape index (κ3) is 3.77. The molecule has 4 nitrogen and oxygen atoms in total. The van der Waals surface area contributed by atoms with Gasteiger partial charge in [-0.3, -0.25) is 9.78 Å². The Balaban J connectivity index is 1.90. The number of hydrogen-bond acceptors (Lipinski definition) is 3. The number of aromatic nitrogens is 1. The van der Waals surface area contributed by atoms with Crippen LogP contribution in [0.1, 0.15) is 12.0 Å². The molecule has 0 saturated heterocycles. The van der Waals surface area contributed by atoms with E-state index in [9.17, 15) is 9.18 Å². The molecule has 0 unspecified atom stereocenters. The first-order valence-corrected chi connectivity index (χ1v) is 5.89. The number of pyridine rings is 1. The van der Waals surface area contributed by atoms with Gasteiger partial charge in [0.15, 0.2) is 5.82 Å². The van der Waals surface area contributed by atoms with Crippen LogP contribution in [0.15, 0.2) is 42.7 Å². The molecule has 0 fully saturated rings. The van der Waals surface area contributed by atoms with Crippen LogP contribution in [0.3, 0.4) is 0 Å². The number of hydrogen-bond donors (Lipinski definition) is 2. The minimum absolute atomic E-state index is 0.146. The maximum Gasteiger partial charge on any atom is 0.224 e. The topological polar surface area (TPSA) is 68.0 Å². The highest BCUT2D eigenvalue weighted by molar-refractivity contribution is 5.90. The normalized spacial score (nSPS) is 10.2. The second-order valence-corrected chi connectivity index (χ2v) is 4.15. The predicted molar refractivity (Wildman–Crippen MR) is 72.0 cm³/mol. The van der Waals surface area contributed by atoms with Gasteiger partial charge in [0.25, 0.3) is 0 Å². The van der Waals surface area contributed by atoms with Gasteiger partial charge in [-0.25, -0.2) is 4.39 Å². The Morgan fingerprint density at radius 3 is 2.95 bits per heavy atom. The fraction of sp³-hybridized carbons (Fsp3) is 0.143. The fourth-order valence-electron chi connectivity index (χ4n) is 1.70. The van der Waals surface area contributed by atoms with Crippen molar-refractivity contribution in [2.24, 2.45) is 0 Å². The third-order valence-corrected chi connectivity index (χ3v) is 2.64. The first-order valence-electron chi connectivity index (χ1n) is 5.89. The summed E-state index contributed by atoms with van der Waals surface area (Å²) in [6, 6.07) is 8.77. The lowest BCUT2D eigenvalue weighted by atomic mass is 10.1. The van der Waals surface area contributed by atoms with Crippen molar-refractivity contribution in [3.63, 3.8) is 0 Å². The maximum absolute atomic E-state index is 13.3. The first kappa shape index (κ1) is 13.0. The average molecular weight is 259 g/mol. The smallest absolute Gasteiger partial charge is 0.224 e. The third-order valence-electron chi connectivity index (χ3n) is 2.64. The minimum atomic E-state index is -0.542. The van der Waals surface area contributed by atoms with Gasteiger partial charge in [-0.05, 0) is 30.2 Å². The van der Waals surface area contributed by atoms with Crippen LogP contribution in [0.5, 0.6) is 0 Å². The Labute approximate surface area is 110 Å². The van der Waals surface area contributed by atoms with Crippen LogP contribution in [-0.4, -0.2) is 10.9 Å². The molecule has 3 N–H and O–H groups in total. The van der Waals surface area contributed by atoms with Gasteiger partial charge in [-0.1, -0.05) is 12.1 Å². The van der Waals surface area contributed by atoms with Gasteiger partial charge in [0.05, 0.1) is 11.9 Å². The molecular formula is C14H14FN3O. The summed E-state index contributed by atoms with van der Waals surface area (Å²) in [7, 11) is 0. The number of nitrogen functional groups attached to an aromatic ring is 1. The second-order valence-electron chi connectivity index (χ2n) is 4.15. The van der Waals surface area contributed by atoms with E-state index in [1.54, 1.807) is 6.07 Å². The Kier molecular flexibility index (Phi) is 4.07. The molecule has 98 valence electrons. The number of nitrogens with one attached hydrogen (secondary N) is 1. The van der Waals surface area contributed by atoms with Crippen LogP contribution in [0, 0.1) is 5.82 Å². The van der Waals surface area contributed by atoms with Gasteiger partial charge < -0.3 is 11.1 Å². The summed E-state index contributed by atoms with van der Waals surface area (Å²) < 4.78 is 13.3. The summed E-state index contributed by atoms with van der Waals surface area (Å²) in [5.74, 6) is -0.785. The Hall–Kier alpha value is -2.43. The molecule has 0 bridgehead atoms. The zero-order valence-electron chi connectivity index (χ0n) is 10.3. The molecule has 0 aliphatic heterocycles. The van der Waals surface area contributed by atoms with Crippen molar-refractivity contribution in [1.82, 2.24) is 4.98 Å². The molecule has 0 aliphatic rings. The number of nitrogens with two attached hydrogens (primary N) is 1. The van der Waals surface area contributed by atoms with Crippen LogP contribution in [-0.2, 0) is 11.2 Å². The van der Waals surface area contributed by atoms with Crippen molar-refractivity contribution in [2.45, 2.75) is 12.8 Å². The summed E-state index contributed by atoms with van der Waals surface area (Å²) in [5.41, 5.74) is 7.44. The largest absolute Gasteiger partial charge is 0.399 e. The first-order chi connectivity index (χ1) is 9.15. The van der Waals surface area contributed by atoms with E-state index in [4.69, 9.17) is 5.73 Å². The number of amides is 1. The minimum Gasteiger partial charge on any atom is -0.399 e. The van der Waals surface area contributed by atoms with E-state index in [1.165, 1.54) is 12.3 Å². The van der Waals surface area contributed by atoms with Crippen LogP contribution in [0.25, 0.3) is 0 Å². The van der Waals surface area contributed by atoms with Gasteiger partial charge >= 0.3 is 0 Å². The van der Waals surface area contributed by atoms with E-state index in [1.807, 2.05) is 18.2 Å². The molecule has 2 rings (SSSR count). The number of aryl methyl sites for hydroxylation is 1. The molecule has 0 radical (unpaired) electrons. The van der Waals surface area contributed by atoms with Gasteiger partial charge in [-0.2, -0.15) is 0 Å². The van der Waals surface area contributed by atoms with E-state index in [2.05, 4.69) is 10.3 Å². The number of carbonyl (C=O) groups is 1. The fourth-order valence-corrected chi connectivity index (χ4v) is 1.70. The summed E-state index contributed by atoms with van der Waals surface area (Å²) in [5, 5.41) is 2.51. The van der Waals surface area contributed by atoms with E-state index in [0.29, 0.717) is 12.1 Å². The quantitative estimate of drug-likeness (QED) is 0.828. The Morgan fingerprint density at radius 2 is 2.21 bits per heavy atom. The lowest BCUT2D eigenvalue weighted by Gasteiger charge is -2.06. The van der Waals surface area contributed by atoms with E-state index in [0.717, 1.165) is 11.8 Å². The number of carbonyl (C=O) groups excluding carboxylic acids is 1. The molecular weight excluding hydrogens is 245 g/mol. The monoisotopic (exact) mass is 259 g/mol. The lowest BCUT2D eigenvalue weighted by Crippen LogP contribution is -2.13. The summed E-state index contributed by atoms with van der Waals surface area (Å²) in [4.78, 5) is 15.3. The second kappa shape index (κ2) is 5.95. The summed E-state index contributed by atoms with van der Waals surface area (Å²) in [6.45, 7) is 0. The zero-order valence-corrected chi connectivity index (χ0v) is 10.3. The van der Waals surface area contributed by atoms with E-state index in [-0.39, 0.29) is 18.0 Å². The highest BCUT2D eigenvalue weighted by Crippen LogP contribution is 2.13. The van der Waals surface area contributed by atoms with Crippen molar-refractivity contribution < 1.29 is 9.18 Å². The lowest BCUT2D eigenvalue weighted by molar-refractivity contribution is -0.116. The Morgan fingerprint density at radius 1 is 1.37 bits per heavy atom. The molecule has 5 heteroatoms. The van der Waals surface area contributed by atoms with Gasteiger partial charge in [-0.15, -0.1) is 0 Å². The van der Waals surface area contributed by atoms with Crippen LogP contribution in [0.4, 0.5) is 15.8 Å². The van der Waals surface area contributed by atoms with Gasteiger partial charge in [0, 0.05) is 18.3 Å². The molecule has 1 aromatic heterocycles.